The molecule has 1 aliphatic heterocycles. The molecule has 1 saturated heterocycles. The fourth-order valence-electron chi connectivity index (χ4n) is 2.75. The van der Waals surface area contributed by atoms with Crippen LogP contribution in [0.15, 0.2) is 24.3 Å². The molecule has 7 heteroatoms. The first-order valence-electron chi connectivity index (χ1n) is 8.40. The largest absolute Gasteiger partial charge is 0.375 e. The molecule has 1 aromatic rings. The predicted molar refractivity (Wildman–Crippen MR) is 94.1 cm³/mol. The third-order valence-electron chi connectivity index (χ3n) is 4.34. The predicted octanol–water partition coefficient (Wildman–Crippen LogP) is 1.17. The highest BCUT2D eigenvalue weighted by Crippen LogP contribution is 2.20. The Hall–Kier alpha value is -1.79. The summed E-state index contributed by atoms with van der Waals surface area (Å²) in [6.07, 6.45) is 2.21. The van der Waals surface area contributed by atoms with Gasteiger partial charge in [-0.05, 0) is 25.0 Å². The first kappa shape index (κ1) is 17.0. The third-order valence-corrected chi connectivity index (χ3v) is 4.67. The quantitative estimate of drug-likeness (QED) is 0.808. The minimum absolute atomic E-state index is 0.0528. The van der Waals surface area contributed by atoms with Gasteiger partial charge in [0, 0.05) is 32.2 Å². The summed E-state index contributed by atoms with van der Waals surface area (Å²) in [5.41, 5.74) is 0.767. The van der Waals surface area contributed by atoms with Gasteiger partial charge in [0.25, 0.3) is 0 Å². The third kappa shape index (κ3) is 4.85. The lowest BCUT2D eigenvalue weighted by Crippen LogP contribution is -2.52. The Morgan fingerprint density at radius 2 is 1.83 bits per heavy atom. The van der Waals surface area contributed by atoms with Crippen molar-refractivity contribution < 1.29 is 9.59 Å². The summed E-state index contributed by atoms with van der Waals surface area (Å²) in [7, 11) is 0. The maximum Gasteiger partial charge on any atom is 0.241 e. The molecule has 0 radical (unpaired) electrons. The van der Waals surface area contributed by atoms with Crippen molar-refractivity contribution in [1.82, 2.24) is 15.1 Å². The van der Waals surface area contributed by atoms with Crippen molar-refractivity contribution in [1.29, 1.82) is 0 Å². The van der Waals surface area contributed by atoms with Gasteiger partial charge in [0.05, 0.1) is 23.8 Å². The van der Waals surface area contributed by atoms with Gasteiger partial charge in [0.15, 0.2) is 0 Å². The fraction of sp³-hybridized carbons (Fsp3) is 0.529. The Kier molecular flexibility index (Phi) is 5.58. The molecule has 130 valence electrons. The molecule has 24 heavy (non-hydrogen) atoms. The molecule has 6 nitrogen and oxygen atoms in total. The smallest absolute Gasteiger partial charge is 0.241 e. The molecular weight excluding hydrogens is 328 g/mol. The van der Waals surface area contributed by atoms with E-state index < -0.39 is 0 Å². The van der Waals surface area contributed by atoms with E-state index in [1.165, 1.54) is 0 Å². The Labute approximate surface area is 147 Å². The first-order valence-corrected chi connectivity index (χ1v) is 8.77. The van der Waals surface area contributed by atoms with Gasteiger partial charge < -0.3 is 15.5 Å². The molecule has 0 spiro atoms. The molecule has 0 bridgehead atoms. The highest BCUT2D eigenvalue weighted by molar-refractivity contribution is 6.33. The van der Waals surface area contributed by atoms with Gasteiger partial charge in [0.1, 0.15) is 0 Å². The second kappa shape index (κ2) is 7.85. The lowest BCUT2D eigenvalue weighted by Gasteiger charge is -2.34. The number of carbonyl (C=O) groups is 2. The van der Waals surface area contributed by atoms with Gasteiger partial charge >= 0.3 is 0 Å². The number of amides is 2. The monoisotopic (exact) mass is 350 g/mol. The Morgan fingerprint density at radius 3 is 2.50 bits per heavy atom. The highest BCUT2D eigenvalue weighted by Gasteiger charge is 2.26. The van der Waals surface area contributed by atoms with Gasteiger partial charge in [0.2, 0.25) is 11.8 Å². The minimum Gasteiger partial charge on any atom is -0.375 e. The second-order valence-corrected chi connectivity index (χ2v) is 6.74. The number of halogens is 1. The number of benzene rings is 1. The van der Waals surface area contributed by atoms with E-state index in [-0.39, 0.29) is 18.4 Å². The van der Waals surface area contributed by atoms with Gasteiger partial charge in [-0.2, -0.15) is 0 Å². The summed E-state index contributed by atoms with van der Waals surface area (Å²) in [5, 5.41) is 6.68. The van der Waals surface area contributed by atoms with E-state index in [0.717, 1.165) is 31.6 Å². The van der Waals surface area contributed by atoms with Crippen molar-refractivity contribution in [3.8, 4) is 0 Å². The van der Waals surface area contributed by atoms with Crippen LogP contribution in [0.4, 0.5) is 5.69 Å². The van der Waals surface area contributed by atoms with Crippen LogP contribution in [-0.2, 0) is 9.59 Å². The average molecular weight is 351 g/mol. The first-order chi connectivity index (χ1) is 11.6. The van der Waals surface area contributed by atoms with E-state index in [2.05, 4.69) is 15.5 Å². The normalized spacial score (nSPS) is 18.3. The number of carbonyl (C=O) groups excluding carboxylic acids is 2. The van der Waals surface area contributed by atoms with Crippen LogP contribution in [0, 0.1) is 0 Å². The molecule has 1 aromatic carbocycles. The van der Waals surface area contributed by atoms with Crippen molar-refractivity contribution in [2.45, 2.75) is 18.9 Å². The molecule has 0 aromatic heterocycles. The number of nitrogens with one attached hydrogen (secondary N) is 2. The molecular formula is C17H23ClN4O2. The van der Waals surface area contributed by atoms with E-state index >= 15 is 0 Å². The summed E-state index contributed by atoms with van der Waals surface area (Å²) in [4.78, 5) is 28.0. The molecule has 1 heterocycles. The van der Waals surface area contributed by atoms with Crippen LogP contribution in [-0.4, -0.2) is 66.9 Å². The summed E-state index contributed by atoms with van der Waals surface area (Å²) < 4.78 is 0. The average Bonchev–Trinajstić information content (AvgIpc) is 3.38. The summed E-state index contributed by atoms with van der Waals surface area (Å²) >= 11 is 6.07. The molecule has 2 amide bonds. The van der Waals surface area contributed by atoms with Crippen molar-refractivity contribution in [3.63, 3.8) is 0 Å². The van der Waals surface area contributed by atoms with Crippen LogP contribution in [0.25, 0.3) is 0 Å². The number of hydrogen-bond acceptors (Lipinski definition) is 4. The van der Waals surface area contributed by atoms with Crippen LogP contribution in [0.1, 0.15) is 12.8 Å². The van der Waals surface area contributed by atoms with Crippen LogP contribution in [0.5, 0.6) is 0 Å². The highest BCUT2D eigenvalue weighted by atomic mass is 35.5. The van der Waals surface area contributed by atoms with E-state index in [9.17, 15) is 9.59 Å². The molecule has 0 unspecified atom stereocenters. The summed E-state index contributed by atoms with van der Waals surface area (Å²) in [5.74, 6) is 0.148. The Balaban J connectivity index is 1.38. The number of anilines is 1. The van der Waals surface area contributed by atoms with E-state index in [1.54, 1.807) is 6.07 Å². The topological polar surface area (TPSA) is 64.7 Å². The summed E-state index contributed by atoms with van der Waals surface area (Å²) in [6.45, 7) is 3.42. The van der Waals surface area contributed by atoms with Gasteiger partial charge in [-0.15, -0.1) is 0 Å². The number of nitrogens with zero attached hydrogens (tertiary/aromatic N) is 2. The van der Waals surface area contributed by atoms with Crippen molar-refractivity contribution >= 4 is 29.1 Å². The van der Waals surface area contributed by atoms with Crippen LogP contribution in [0.2, 0.25) is 5.02 Å². The Bertz CT molecular complexity index is 598. The molecule has 3 rings (SSSR count). The zero-order chi connectivity index (χ0) is 16.9. The van der Waals surface area contributed by atoms with Crippen molar-refractivity contribution in [3.05, 3.63) is 29.3 Å². The maximum atomic E-state index is 12.3. The number of piperazine rings is 1. The molecule has 2 fully saturated rings. The van der Waals surface area contributed by atoms with Gasteiger partial charge in [-0.3, -0.25) is 14.5 Å². The molecule has 1 saturated carbocycles. The number of para-hydroxylation sites is 1. The van der Waals surface area contributed by atoms with Crippen molar-refractivity contribution in [2.75, 3.05) is 44.6 Å². The Morgan fingerprint density at radius 1 is 1.12 bits per heavy atom. The molecule has 2 aliphatic rings. The van der Waals surface area contributed by atoms with E-state index in [0.29, 0.717) is 30.7 Å². The zero-order valence-corrected chi connectivity index (χ0v) is 14.4. The zero-order valence-electron chi connectivity index (χ0n) is 13.6. The second-order valence-electron chi connectivity index (χ2n) is 6.33. The molecule has 2 N–H and O–H groups in total. The number of rotatable bonds is 6. The minimum atomic E-state index is 0.0528. The van der Waals surface area contributed by atoms with E-state index in [4.69, 9.17) is 11.6 Å². The lowest BCUT2D eigenvalue weighted by molar-refractivity contribution is -0.131. The van der Waals surface area contributed by atoms with Crippen LogP contribution >= 0.6 is 11.6 Å². The van der Waals surface area contributed by atoms with E-state index in [1.807, 2.05) is 23.1 Å². The lowest BCUT2D eigenvalue weighted by atomic mass is 10.3. The summed E-state index contributed by atoms with van der Waals surface area (Å²) in [6, 6.07) is 7.78. The van der Waals surface area contributed by atoms with Crippen molar-refractivity contribution in [2.24, 2.45) is 0 Å². The molecule has 0 atom stereocenters. The molecule has 1 aliphatic carbocycles. The van der Waals surface area contributed by atoms with Crippen LogP contribution < -0.4 is 10.6 Å². The standard InChI is InChI=1S/C17H23ClN4O2/c18-14-3-1-2-4-15(14)19-11-17(24)22-9-7-21(8-10-22)12-16(23)20-13-5-6-13/h1-4,13,19H,5-12H2,(H,20,23). The van der Waals surface area contributed by atoms with Gasteiger partial charge in [-0.1, -0.05) is 23.7 Å². The van der Waals surface area contributed by atoms with Gasteiger partial charge in [-0.25, -0.2) is 0 Å². The maximum absolute atomic E-state index is 12.3. The SMILES string of the molecule is O=C(CN1CCN(C(=O)CNc2ccccc2Cl)CC1)NC1CC1. The fourth-order valence-corrected chi connectivity index (χ4v) is 2.95. The van der Waals surface area contributed by atoms with Crippen LogP contribution in [0.3, 0.4) is 0 Å². The number of hydrogen-bond donors (Lipinski definition) is 2.